The van der Waals surface area contributed by atoms with Crippen LogP contribution < -0.4 is 4.90 Å². The maximum atomic E-state index is 10.9. The molecule has 1 aliphatic heterocycles. The summed E-state index contributed by atoms with van der Waals surface area (Å²) in [6, 6.07) is 6.38. The molecule has 0 spiro atoms. The van der Waals surface area contributed by atoms with Crippen LogP contribution in [0.3, 0.4) is 0 Å². The first-order valence-electron chi connectivity index (χ1n) is 7.23. The first-order valence-corrected chi connectivity index (χ1v) is 7.23. The van der Waals surface area contributed by atoms with E-state index < -0.39 is 5.97 Å². The number of carboxylic acids is 1. The van der Waals surface area contributed by atoms with Crippen LogP contribution in [-0.2, 0) is 11.2 Å². The van der Waals surface area contributed by atoms with Crippen LogP contribution in [0.25, 0.3) is 0 Å². The quantitative estimate of drug-likeness (QED) is 0.883. The molecule has 1 heterocycles. The minimum atomic E-state index is -0.711. The average molecular weight is 259 g/mol. The van der Waals surface area contributed by atoms with Crippen molar-refractivity contribution in [1.29, 1.82) is 0 Å². The van der Waals surface area contributed by atoms with E-state index in [2.05, 4.69) is 23.1 Å². The predicted molar refractivity (Wildman–Crippen MR) is 75.8 cm³/mol. The fraction of sp³-hybridized carbons (Fsp3) is 0.562. The van der Waals surface area contributed by atoms with E-state index in [0.29, 0.717) is 0 Å². The molecule has 19 heavy (non-hydrogen) atoms. The number of rotatable bonds is 5. The van der Waals surface area contributed by atoms with Crippen molar-refractivity contribution < 1.29 is 9.90 Å². The maximum absolute atomic E-state index is 10.9. The molecule has 3 heteroatoms. The third kappa shape index (κ3) is 2.60. The van der Waals surface area contributed by atoms with E-state index in [-0.39, 0.29) is 12.3 Å². The number of hydrogen-bond acceptors (Lipinski definition) is 2. The van der Waals surface area contributed by atoms with Crippen LogP contribution in [0, 0.1) is 5.92 Å². The molecule has 1 fully saturated rings. The third-order valence-corrected chi connectivity index (χ3v) is 4.31. The van der Waals surface area contributed by atoms with Crippen molar-refractivity contribution in [1.82, 2.24) is 0 Å². The molecule has 1 unspecified atom stereocenters. The Morgan fingerprint density at radius 1 is 1.47 bits per heavy atom. The van der Waals surface area contributed by atoms with Crippen molar-refractivity contribution in [3.8, 4) is 0 Å². The molecular formula is C16H21NO2. The van der Waals surface area contributed by atoms with Gasteiger partial charge in [0.15, 0.2) is 0 Å². The zero-order valence-corrected chi connectivity index (χ0v) is 11.4. The first kappa shape index (κ1) is 12.5. The van der Waals surface area contributed by atoms with E-state index in [0.717, 1.165) is 25.4 Å². The Labute approximate surface area is 114 Å². The van der Waals surface area contributed by atoms with E-state index in [1.165, 1.54) is 29.7 Å². The highest BCUT2D eigenvalue weighted by molar-refractivity contribution is 5.70. The molecule has 3 nitrogen and oxygen atoms in total. The zero-order valence-electron chi connectivity index (χ0n) is 11.4. The van der Waals surface area contributed by atoms with Gasteiger partial charge in [0.1, 0.15) is 0 Å². The van der Waals surface area contributed by atoms with Gasteiger partial charge in [0, 0.05) is 18.8 Å². The molecular weight excluding hydrogens is 238 g/mol. The molecule has 1 atom stereocenters. The van der Waals surface area contributed by atoms with E-state index in [1.807, 2.05) is 6.92 Å². The Morgan fingerprint density at radius 3 is 2.95 bits per heavy atom. The van der Waals surface area contributed by atoms with Gasteiger partial charge in [-0.3, -0.25) is 4.79 Å². The van der Waals surface area contributed by atoms with Gasteiger partial charge in [-0.05, 0) is 42.2 Å². The molecule has 1 aromatic carbocycles. The van der Waals surface area contributed by atoms with Crippen LogP contribution in [0.4, 0.5) is 5.69 Å². The summed E-state index contributed by atoms with van der Waals surface area (Å²) in [7, 11) is 0. The first-order chi connectivity index (χ1) is 9.15. The second kappa shape index (κ2) is 4.87. The number of aliphatic carboxylic acids is 1. The highest BCUT2D eigenvalue weighted by Crippen LogP contribution is 2.40. The SMILES string of the molecule is CC(CC(=O)O)c1cccc2c1N(CC1CC1)CC2. The summed E-state index contributed by atoms with van der Waals surface area (Å²) in [5.41, 5.74) is 3.96. The average Bonchev–Trinajstić information content (AvgIpc) is 3.08. The lowest BCUT2D eigenvalue weighted by atomic mass is 9.94. The Bertz CT molecular complexity index is 494. The zero-order chi connectivity index (χ0) is 13.4. The summed E-state index contributed by atoms with van der Waals surface area (Å²) in [4.78, 5) is 13.4. The molecule has 2 aliphatic rings. The smallest absolute Gasteiger partial charge is 0.303 e. The molecule has 0 radical (unpaired) electrons. The van der Waals surface area contributed by atoms with Crippen LogP contribution in [-0.4, -0.2) is 24.2 Å². The van der Waals surface area contributed by atoms with E-state index in [1.54, 1.807) is 0 Å². The Balaban J connectivity index is 1.88. The summed E-state index contributed by atoms with van der Waals surface area (Å²) >= 11 is 0. The van der Waals surface area contributed by atoms with Crippen LogP contribution >= 0.6 is 0 Å². The van der Waals surface area contributed by atoms with Crippen molar-refractivity contribution >= 4 is 11.7 Å². The molecule has 0 amide bonds. The van der Waals surface area contributed by atoms with Gasteiger partial charge in [-0.15, -0.1) is 0 Å². The van der Waals surface area contributed by atoms with Gasteiger partial charge in [0.25, 0.3) is 0 Å². The Hall–Kier alpha value is -1.51. The van der Waals surface area contributed by atoms with Crippen molar-refractivity contribution in [2.45, 2.75) is 38.5 Å². The highest BCUT2D eigenvalue weighted by Gasteiger charge is 2.30. The lowest BCUT2D eigenvalue weighted by Crippen LogP contribution is -2.24. The van der Waals surface area contributed by atoms with Gasteiger partial charge in [0.2, 0.25) is 0 Å². The maximum Gasteiger partial charge on any atom is 0.303 e. The Kier molecular flexibility index (Phi) is 3.21. The van der Waals surface area contributed by atoms with Crippen LogP contribution in [0.15, 0.2) is 18.2 Å². The van der Waals surface area contributed by atoms with E-state index >= 15 is 0 Å². The van der Waals surface area contributed by atoms with E-state index in [9.17, 15) is 4.79 Å². The second-order valence-corrected chi connectivity index (χ2v) is 5.99. The number of benzene rings is 1. The molecule has 1 N–H and O–H groups in total. The predicted octanol–water partition coefficient (Wildman–Crippen LogP) is 3.04. The normalized spacial score (nSPS) is 19.3. The standard InChI is InChI=1S/C16H21NO2/c1-11(9-15(18)19)14-4-2-3-13-7-8-17(16(13)14)10-12-5-6-12/h2-4,11-12H,5-10H2,1H3,(H,18,19). The molecule has 102 valence electrons. The monoisotopic (exact) mass is 259 g/mol. The van der Waals surface area contributed by atoms with Crippen molar-refractivity contribution in [2.24, 2.45) is 5.92 Å². The summed E-state index contributed by atoms with van der Waals surface area (Å²) in [5.74, 6) is 0.248. The fourth-order valence-corrected chi connectivity index (χ4v) is 3.13. The van der Waals surface area contributed by atoms with Gasteiger partial charge >= 0.3 is 5.97 Å². The number of nitrogens with zero attached hydrogens (tertiary/aromatic N) is 1. The van der Waals surface area contributed by atoms with Crippen molar-refractivity contribution in [3.05, 3.63) is 29.3 Å². The summed E-state index contributed by atoms with van der Waals surface area (Å²) < 4.78 is 0. The summed E-state index contributed by atoms with van der Waals surface area (Å²) in [6.07, 6.45) is 4.04. The highest BCUT2D eigenvalue weighted by atomic mass is 16.4. The van der Waals surface area contributed by atoms with Gasteiger partial charge in [-0.2, -0.15) is 0 Å². The lowest BCUT2D eigenvalue weighted by molar-refractivity contribution is -0.137. The molecule has 1 aliphatic carbocycles. The largest absolute Gasteiger partial charge is 0.481 e. The van der Waals surface area contributed by atoms with Gasteiger partial charge in [-0.1, -0.05) is 25.1 Å². The lowest BCUT2D eigenvalue weighted by Gasteiger charge is -2.24. The van der Waals surface area contributed by atoms with Crippen molar-refractivity contribution in [2.75, 3.05) is 18.0 Å². The molecule has 0 aromatic heterocycles. The summed E-state index contributed by atoms with van der Waals surface area (Å²) in [5, 5.41) is 9.00. The van der Waals surface area contributed by atoms with Gasteiger partial charge in [0.05, 0.1) is 6.42 Å². The molecule has 0 saturated heterocycles. The number of anilines is 1. The number of para-hydroxylation sites is 1. The number of carboxylic acid groups (broad SMARTS) is 1. The number of carbonyl (C=O) groups is 1. The minimum absolute atomic E-state index is 0.0900. The van der Waals surface area contributed by atoms with Crippen LogP contribution in [0.5, 0.6) is 0 Å². The Morgan fingerprint density at radius 2 is 2.26 bits per heavy atom. The van der Waals surface area contributed by atoms with E-state index in [4.69, 9.17) is 5.11 Å². The number of fused-ring (bicyclic) bond motifs is 1. The summed E-state index contributed by atoms with van der Waals surface area (Å²) in [6.45, 7) is 4.28. The third-order valence-electron chi connectivity index (χ3n) is 4.31. The molecule has 0 bridgehead atoms. The second-order valence-electron chi connectivity index (χ2n) is 5.99. The fourth-order valence-electron chi connectivity index (χ4n) is 3.13. The van der Waals surface area contributed by atoms with Gasteiger partial charge < -0.3 is 10.0 Å². The number of hydrogen-bond donors (Lipinski definition) is 1. The van der Waals surface area contributed by atoms with Crippen molar-refractivity contribution in [3.63, 3.8) is 0 Å². The molecule has 3 rings (SSSR count). The molecule has 1 saturated carbocycles. The van der Waals surface area contributed by atoms with Crippen LogP contribution in [0.1, 0.15) is 43.2 Å². The molecule has 1 aromatic rings. The van der Waals surface area contributed by atoms with Gasteiger partial charge in [-0.25, -0.2) is 0 Å². The minimum Gasteiger partial charge on any atom is -0.481 e. The topological polar surface area (TPSA) is 40.5 Å². The van der Waals surface area contributed by atoms with Crippen LogP contribution in [0.2, 0.25) is 0 Å².